The number of ether oxygens (including phenoxy) is 1. The largest absolute Gasteiger partial charge is 0.477 e. The van der Waals surface area contributed by atoms with E-state index in [9.17, 15) is 19.2 Å². The van der Waals surface area contributed by atoms with Gasteiger partial charge in [0.1, 0.15) is 17.1 Å². The third-order valence-corrected chi connectivity index (χ3v) is 4.72. The molecule has 0 saturated carbocycles. The molecule has 0 spiro atoms. The molecule has 1 atom stereocenters. The standard InChI is InChI=1S/C18H21N5O5/c1-20-16(25)13-9-23(10-6-4-5-7-12(10)28-13)8-11(24)14-15(19)21(2)18(27)22(3)17(14)26/h4-7,13H,8-9,19H2,1-3H3,(H,20,25). The van der Waals surface area contributed by atoms with Crippen LogP contribution in [0.4, 0.5) is 11.5 Å². The summed E-state index contributed by atoms with van der Waals surface area (Å²) in [6.45, 7) is -0.0834. The van der Waals surface area contributed by atoms with Crippen molar-refractivity contribution in [3.8, 4) is 5.75 Å². The molecule has 2 aromatic rings. The number of rotatable bonds is 4. The second kappa shape index (κ2) is 7.22. The van der Waals surface area contributed by atoms with Crippen LogP contribution >= 0.6 is 0 Å². The fraction of sp³-hybridized carbons (Fsp3) is 0.333. The molecule has 10 nitrogen and oxygen atoms in total. The van der Waals surface area contributed by atoms with Crippen molar-refractivity contribution in [3.05, 3.63) is 50.7 Å². The second-order valence-corrected chi connectivity index (χ2v) is 6.46. The third kappa shape index (κ3) is 3.13. The Morgan fingerprint density at radius 3 is 2.57 bits per heavy atom. The zero-order valence-corrected chi connectivity index (χ0v) is 15.8. The number of ketones is 1. The molecule has 1 aliphatic rings. The highest BCUT2D eigenvalue weighted by Crippen LogP contribution is 2.33. The van der Waals surface area contributed by atoms with Crippen LogP contribution in [-0.2, 0) is 18.9 Å². The van der Waals surface area contributed by atoms with Gasteiger partial charge in [0.25, 0.3) is 11.5 Å². The van der Waals surface area contributed by atoms with E-state index >= 15 is 0 Å². The number of aromatic nitrogens is 2. The van der Waals surface area contributed by atoms with Crippen molar-refractivity contribution < 1.29 is 14.3 Å². The lowest BCUT2D eigenvalue weighted by atomic mass is 10.1. The SMILES string of the molecule is CNC(=O)C1CN(CC(=O)c2c(N)n(C)c(=O)n(C)c2=O)c2ccccc2O1. The lowest BCUT2D eigenvalue weighted by Gasteiger charge is -2.35. The first-order chi connectivity index (χ1) is 13.3. The molecule has 0 fully saturated rings. The molecule has 1 aromatic carbocycles. The van der Waals surface area contributed by atoms with E-state index in [1.807, 2.05) is 0 Å². The number of nitrogens with one attached hydrogen (secondary N) is 1. The predicted molar refractivity (Wildman–Crippen MR) is 103 cm³/mol. The van der Waals surface area contributed by atoms with Gasteiger partial charge in [-0.2, -0.15) is 0 Å². The molecule has 0 bridgehead atoms. The fourth-order valence-corrected chi connectivity index (χ4v) is 3.13. The third-order valence-electron chi connectivity index (χ3n) is 4.72. The summed E-state index contributed by atoms with van der Waals surface area (Å²) >= 11 is 0. The molecule has 28 heavy (non-hydrogen) atoms. The summed E-state index contributed by atoms with van der Waals surface area (Å²) in [5.74, 6) is -0.621. The van der Waals surface area contributed by atoms with Crippen LogP contribution < -0.4 is 31.9 Å². The molecule has 10 heteroatoms. The average Bonchev–Trinajstić information content (AvgIpc) is 2.70. The van der Waals surface area contributed by atoms with Gasteiger partial charge in [-0.15, -0.1) is 0 Å². The summed E-state index contributed by atoms with van der Waals surface area (Å²) < 4.78 is 7.59. The Kier molecular flexibility index (Phi) is 4.95. The molecule has 148 valence electrons. The van der Waals surface area contributed by atoms with Crippen molar-refractivity contribution in [1.29, 1.82) is 0 Å². The van der Waals surface area contributed by atoms with Gasteiger partial charge in [0.05, 0.1) is 18.8 Å². The van der Waals surface area contributed by atoms with Crippen LogP contribution in [0.5, 0.6) is 5.75 Å². The molecule has 0 saturated heterocycles. The van der Waals surface area contributed by atoms with Crippen LogP contribution in [0.1, 0.15) is 10.4 Å². The Hall–Kier alpha value is -3.56. The van der Waals surface area contributed by atoms with Crippen LogP contribution in [0.3, 0.4) is 0 Å². The molecule has 0 radical (unpaired) electrons. The van der Waals surface area contributed by atoms with Crippen LogP contribution in [0.15, 0.2) is 33.9 Å². The highest BCUT2D eigenvalue weighted by Gasteiger charge is 2.32. The molecule has 3 N–H and O–H groups in total. The number of Topliss-reactive ketones (excluding diaryl/α,β-unsaturated/α-hetero) is 1. The predicted octanol–water partition coefficient (Wildman–Crippen LogP) is -1.14. The number of nitrogens with two attached hydrogens (primary N) is 1. The summed E-state index contributed by atoms with van der Waals surface area (Å²) in [4.78, 5) is 51.1. The Balaban J connectivity index is 1.99. The number of hydrogen-bond acceptors (Lipinski definition) is 7. The van der Waals surface area contributed by atoms with Crippen molar-refractivity contribution in [2.24, 2.45) is 14.1 Å². The smallest absolute Gasteiger partial charge is 0.332 e. The van der Waals surface area contributed by atoms with E-state index in [2.05, 4.69) is 5.32 Å². The van der Waals surface area contributed by atoms with E-state index in [1.165, 1.54) is 21.1 Å². The van der Waals surface area contributed by atoms with E-state index in [4.69, 9.17) is 10.5 Å². The number of hydrogen-bond donors (Lipinski definition) is 2. The molecule has 0 aliphatic carbocycles. The Morgan fingerprint density at radius 2 is 1.89 bits per heavy atom. The fourth-order valence-electron chi connectivity index (χ4n) is 3.13. The van der Waals surface area contributed by atoms with Gasteiger partial charge in [-0.25, -0.2) is 4.79 Å². The summed E-state index contributed by atoms with van der Waals surface area (Å²) in [6.07, 6.45) is -0.812. The Morgan fingerprint density at radius 1 is 1.21 bits per heavy atom. The number of likely N-dealkylation sites (N-methyl/N-ethyl adjacent to an activating group) is 1. The number of amides is 1. The van der Waals surface area contributed by atoms with Crippen LogP contribution in [0, 0.1) is 0 Å². The molecule has 2 heterocycles. The van der Waals surface area contributed by atoms with E-state index in [0.29, 0.717) is 11.4 Å². The quantitative estimate of drug-likeness (QED) is 0.635. The number of carbonyl (C=O) groups is 2. The Bertz CT molecular complexity index is 1070. The van der Waals surface area contributed by atoms with Gasteiger partial charge in [0.15, 0.2) is 11.9 Å². The zero-order chi connectivity index (χ0) is 20.6. The molecule has 1 amide bonds. The van der Waals surface area contributed by atoms with Gasteiger partial charge in [0.2, 0.25) is 0 Å². The minimum atomic E-state index is -0.812. The van der Waals surface area contributed by atoms with Crippen molar-refractivity contribution in [3.63, 3.8) is 0 Å². The van der Waals surface area contributed by atoms with Crippen molar-refractivity contribution in [1.82, 2.24) is 14.5 Å². The lowest BCUT2D eigenvalue weighted by Crippen LogP contribution is -2.50. The molecule has 1 aliphatic heterocycles. The van der Waals surface area contributed by atoms with Gasteiger partial charge in [0, 0.05) is 21.1 Å². The van der Waals surface area contributed by atoms with Crippen molar-refractivity contribution in [2.75, 3.05) is 30.8 Å². The van der Waals surface area contributed by atoms with Gasteiger partial charge >= 0.3 is 5.69 Å². The maximum Gasteiger partial charge on any atom is 0.332 e. The number of benzene rings is 1. The van der Waals surface area contributed by atoms with Crippen LogP contribution in [0.25, 0.3) is 0 Å². The Labute approximate surface area is 160 Å². The second-order valence-electron chi connectivity index (χ2n) is 6.46. The van der Waals surface area contributed by atoms with E-state index in [-0.39, 0.29) is 30.4 Å². The van der Waals surface area contributed by atoms with Gasteiger partial charge < -0.3 is 20.7 Å². The number of para-hydroxylation sites is 2. The minimum absolute atomic E-state index is 0.119. The molecule has 1 unspecified atom stereocenters. The van der Waals surface area contributed by atoms with Crippen LogP contribution in [-0.4, -0.2) is 47.1 Å². The maximum absolute atomic E-state index is 12.9. The van der Waals surface area contributed by atoms with Gasteiger partial charge in [-0.05, 0) is 12.1 Å². The maximum atomic E-state index is 12.9. The van der Waals surface area contributed by atoms with Crippen molar-refractivity contribution >= 4 is 23.2 Å². The summed E-state index contributed by atoms with van der Waals surface area (Å²) in [5.41, 5.74) is 4.86. The van der Waals surface area contributed by atoms with Gasteiger partial charge in [-0.1, -0.05) is 12.1 Å². The first-order valence-electron chi connectivity index (χ1n) is 8.57. The normalized spacial score (nSPS) is 15.5. The van der Waals surface area contributed by atoms with E-state index in [0.717, 1.165) is 9.13 Å². The number of carbonyl (C=O) groups excluding carboxylic acids is 2. The number of nitrogens with zero attached hydrogens (tertiary/aromatic N) is 3. The van der Waals surface area contributed by atoms with Gasteiger partial charge in [-0.3, -0.25) is 23.5 Å². The topological polar surface area (TPSA) is 129 Å². The van der Waals surface area contributed by atoms with Crippen LogP contribution in [0.2, 0.25) is 0 Å². The number of fused-ring (bicyclic) bond motifs is 1. The summed E-state index contributed by atoms with van der Waals surface area (Å²) in [7, 11) is 4.17. The number of nitrogen functional groups attached to an aromatic ring is 1. The first-order valence-corrected chi connectivity index (χ1v) is 8.57. The minimum Gasteiger partial charge on any atom is -0.477 e. The molecule has 1 aromatic heterocycles. The molecule has 3 rings (SSSR count). The van der Waals surface area contributed by atoms with Crippen molar-refractivity contribution in [2.45, 2.75) is 6.10 Å². The van der Waals surface area contributed by atoms with E-state index < -0.39 is 23.1 Å². The average molecular weight is 387 g/mol. The van der Waals surface area contributed by atoms with E-state index in [1.54, 1.807) is 29.2 Å². The lowest BCUT2D eigenvalue weighted by molar-refractivity contribution is -0.127. The highest BCUT2D eigenvalue weighted by atomic mass is 16.5. The number of anilines is 2. The monoisotopic (exact) mass is 387 g/mol. The molecular formula is C18H21N5O5. The first kappa shape index (κ1) is 19.2. The zero-order valence-electron chi connectivity index (χ0n) is 15.8. The summed E-state index contributed by atoms with van der Waals surface area (Å²) in [6, 6.07) is 6.98. The summed E-state index contributed by atoms with van der Waals surface area (Å²) in [5, 5.41) is 2.52. The highest BCUT2D eigenvalue weighted by molar-refractivity contribution is 6.02. The molecular weight excluding hydrogens is 366 g/mol.